The molecule has 1 aromatic carbocycles. The van der Waals surface area contributed by atoms with Crippen LogP contribution in [0.4, 0.5) is 10.6 Å². The number of carbonyl (C=O) groups is 1. The number of piperidine rings is 1. The van der Waals surface area contributed by atoms with Crippen molar-refractivity contribution in [2.75, 3.05) is 11.9 Å². The lowest BCUT2D eigenvalue weighted by atomic mass is 9.91. The Labute approximate surface area is 152 Å². The van der Waals surface area contributed by atoms with Gasteiger partial charge in [-0.05, 0) is 43.0 Å². The number of furan rings is 1. The number of para-hydroxylation sites is 1. The molecule has 0 aliphatic carbocycles. The first kappa shape index (κ1) is 16.4. The maximum absolute atomic E-state index is 12.8. The van der Waals surface area contributed by atoms with Gasteiger partial charge in [0.05, 0.1) is 18.0 Å². The van der Waals surface area contributed by atoms with E-state index in [1.807, 2.05) is 53.6 Å². The fraction of sp³-hybridized carbons (Fsp3) is 0.300. The average Bonchev–Trinajstić information content (AvgIpc) is 3.34. The molecule has 1 aliphatic heterocycles. The standard InChI is InChI=1S/C20H22N4O2/c1-15-9-11-23(17(14-15)18-8-5-13-26-18)20(25)21-19-10-12-24(22-19)16-6-3-2-4-7-16/h2-8,10,12-13,15,17H,9,11,14H2,1H3,(H,21,22,25). The Kier molecular flexibility index (Phi) is 4.48. The first-order valence-corrected chi connectivity index (χ1v) is 8.93. The number of rotatable bonds is 3. The zero-order valence-electron chi connectivity index (χ0n) is 14.7. The molecule has 0 bridgehead atoms. The van der Waals surface area contributed by atoms with E-state index in [0.717, 1.165) is 24.3 Å². The van der Waals surface area contributed by atoms with Crippen molar-refractivity contribution in [2.45, 2.75) is 25.8 Å². The van der Waals surface area contributed by atoms with E-state index in [1.165, 1.54) is 0 Å². The van der Waals surface area contributed by atoms with Crippen LogP contribution in [0, 0.1) is 5.92 Å². The van der Waals surface area contributed by atoms with Crippen LogP contribution in [0.15, 0.2) is 65.4 Å². The zero-order chi connectivity index (χ0) is 17.9. The molecule has 134 valence electrons. The molecule has 2 amide bonds. The molecule has 1 saturated heterocycles. The minimum atomic E-state index is -0.142. The third kappa shape index (κ3) is 3.35. The maximum atomic E-state index is 12.8. The first-order chi connectivity index (χ1) is 12.7. The Balaban J connectivity index is 1.49. The Morgan fingerprint density at radius 1 is 1.19 bits per heavy atom. The molecule has 6 nitrogen and oxygen atoms in total. The highest BCUT2D eigenvalue weighted by atomic mass is 16.3. The lowest BCUT2D eigenvalue weighted by Crippen LogP contribution is -2.42. The van der Waals surface area contributed by atoms with Crippen LogP contribution in [-0.4, -0.2) is 27.3 Å². The van der Waals surface area contributed by atoms with E-state index in [-0.39, 0.29) is 12.1 Å². The summed E-state index contributed by atoms with van der Waals surface area (Å²) in [6.45, 7) is 2.92. The van der Waals surface area contributed by atoms with Gasteiger partial charge in [0.15, 0.2) is 5.82 Å². The van der Waals surface area contributed by atoms with Crippen molar-refractivity contribution in [3.05, 3.63) is 66.8 Å². The van der Waals surface area contributed by atoms with E-state index in [4.69, 9.17) is 4.42 Å². The molecule has 0 radical (unpaired) electrons. The number of nitrogens with one attached hydrogen (secondary N) is 1. The van der Waals surface area contributed by atoms with Gasteiger partial charge in [0.1, 0.15) is 5.76 Å². The molecule has 1 fully saturated rings. The molecule has 0 spiro atoms. The summed E-state index contributed by atoms with van der Waals surface area (Å²) in [6.07, 6.45) is 5.39. The summed E-state index contributed by atoms with van der Waals surface area (Å²) in [7, 11) is 0. The molecule has 26 heavy (non-hydrogen) atoms. The molecule has 1 N–H and O–H groups in total. The summed E-state index contributed by atoms with van der Waals surface area (Å²) in [5.41, 5.74) is 0.952. The number of hydrogen-bond donors (Lipinski definition) is 1. The lowest BCUT2D eigenvalue weighted by molar-refractivity contribution is 0.129. The van der Waals surface area contributed by atoms with Gasteiger partial charge in [-0.25, -0.2) is 9.48 Å². The van der Waals surface area contributed by atoms with E-state index in [1.54, 1.807) is 17.0 Å². The van der Waals surface area contributed by atoms with Crippen molar-refractivity contribution in [3.8, 4) is 5.69 Å². The number of amides is 2. The average molecular weight is 350 g/mol. The summed E-state index contributed by atoms with van der Waals surface area (Å²) in [5.74, 6) is 1.93. The van der Waals surface area contributed by atoms with Gasteiger partial charge in [-0.3, -0.25) is 5.32 Å². The third-order valence-corrected chi connectivity index (χ3v) is 4.84. The summed E-state index contributed by atoms with van der Waals surface area (Å²) < 4.78 is 7.32. The topological polar surface area (TPSA) is 63.3 Å². The van der Waals surface area contributed by atoms with Gasteiger partial charge in [-0.15, -0.1) is 5.10 Å². The van der Waals surface area contributed by atoms with Crippen LogP contribution in [0.5, 0.6) is 0 Å². The first-order valence-electron chi connectivity index (χ1n) is 8.93. The normalized spacial score (nSPS) is 20.1. The molecule has 1 aliphatic rings. The summed E-state index contributed by atoms with van der Waals surface area (Å²) in [5, 5.41) is 7.37. The number of carbonyl (C=O) groups excluding carboxylic acids is 1. The highest BCUT2D eigenvalue weighted by Gasteiger charge is 2.33. The van der Waals surface area contributed by atoms with Crippen molar-refractivity contribution in [3.63, 3.8) is 0 Å². The van der Waals surface area contributed by atoms with E-state index >= 15 is 0 Å². The second-order valence-electron chi connectivity index (χ2n) is 6.77. The fourth-order valence-corrected chi connectivity index (χ4v) is 3.43. The molecule has 2 aromatic heterocycles. The number of urea groups is 1. The van der Waals surface area contributed by atoms with E-state index in [9.17, 15) is 4.79 Å². The van der Waals surface area contributed by atoms with E-state index in [0.29, 0.717) is 18.3 Å². The number of benzene rings is 1. The summed E-state index contributed by atoms with van der Waals surface area (Å²) >= 11 is 0. The Morgan fingerprint density at radius 2 is 2.04 bits per heavy atom. The van der Waals surface area contributed by atoms with Gasteiger partial charge in [-0.2, -0.15) is 0 Å². The van der Waals surface area contributed by atoms with Gasteiger partial charge in [0.2, 0.25) is 0 Å². The smallest absolute Gasteiger partial charge is 0.323 e. The predicted octanol–water partition coefficient (Wildman–Crippen LogP) is 4.47. The van der Waals surface area contributed by atoms with Crippen LogP contribution >= 0.6 is 0 Å². The fourth-order valence-electron chi connectivity index (χ4n) is 3.43. The lowest BCUT2D eigenvalue weighted by Gasteiger charge is -2.37. The van der Waals surface area contributed by atoms with Crippen molar-refractivity contribution in [1.29, 1.82) is 0 Å². The monoisotopic (exact) mass is 350 g/mol. The number of aromatic nitrogens is 2. The van der Waals surface area contributed by atoms with Crippen molar-refractivity contribution >= 4 is 11.8 Å². The molecule has 4 rings (SSSR count). The Morgan fingerprint density at radius 3 is 2.81 bits per heavy atom. The van der Waals surface area contributed by atoms with Crippen LogP contribution < -0.4 is 5.32 Å². The predicted molar refractivity (Wildman–Crippen MR) is 99.1 cm³/mol. The van der Waals surface area contributed by atoms with Gasteiger partial charge >= 0.3 is 6.03 Å². The summed E-state index contributed by atoms with van der Waals surface area (Å²) in [6, 6.07) is 15.2. The van der Waals surface area contributed by atoms with Gasteiger partial charge in [0, 0.05) is 18.8 Å². The van der Waals surface area contributed by atoms with Crippen molar-refractivity contribution in [1.82, 2.24) is 14.7 Å². The molecular weight excluding hydrogens is 328 g/mol. The molecule has 3 aromatic rings. The van der Waals surface area contributed by atoms with Gasteiger partial charge in [0.25, 0.3) is 0 Å². The highest BCUT2D eigenvalue weighted by molar-refractivity contribution is 5.88. The second kappa shape index (κ2) is 7.07. The minimum Gasteiger partial charge on any atom is -0.467 e. The van der Waals surface area contributed by atoms with Gasteiger partial charge in [-0.1, -0.05) is 25.1 Å². The largest absolute Gasteiger partial charge is 0.467 e. The van der Waals surface area contributed by atoms with Crippen LogP contribution in [0.2, 0.25) is 0 Å². The quantitative estimate of drug-likeness (QED) is 0.758. The molecule has 0 saturated carbocycles. The SMILES string of the molecule is CC1CCN(C(=O)Nc2ccn(-c3ccccc3)n2)C(c2ccco2)C1. The molecule has 2 unspecified atom stereocenters. The molecule has 2 atom stereocenters. The van der Waals surface area contributed by atoms with Crippen molar-refractivity contribution in [2.24, 2.45) is 5.92 Å². The Hall–Kier alpha value is -3.02. The van der Waals surface area contributed by atoms with Gasteiger partial charge < -0.3 is 9.32 Å². The molecule has 3 heterocycles. The number of nitrogens with zero attached hydrogens (tertiary/aromatic N) is 3. The molecule has 6 heteroatoms. The second-order valence-corrected chi connectivity index (χ2v) is 6.77. The highest BCUT2D eigenvalue weighted by Crippen LogP contribution is 2.34. The Bertz CT molecular complexity index is 857. The number of anilines is 1. The van der Waals surface area contributed by atoms with E-state index in [2.05, 4.69) is 17.3 Å². The van der Waals surface area contributed by atoms with Crippen LogP contribution in [0.25, 0.3) is 5.69 Å². The van der Waals surface area contributed by atoms with Crippen LogP contribution in [-0.2, 0) is 0 Å². The van der Waals surface area contributed by atoms with E-state index < -0.39 is 0 Å². The minimum absolute atomic E-state index is 0.0371. The number of hydrogen-bond acceptors (Lipinski definition) is 3. The third-order valence-electron chi connectivity index (χ3n) is 4.84. The number of likely N-dealkylation sites (tertiary alicyclic amines) is 1. The molecular formula is C20H22N4O2. The van der Waals surface area contributed by atoms with Crippen LogP contribution in [0.1, 0.15) is 31.6 Å². The maximum Gasteiger partial charge on any atom is 0.323 e. The van der Waals surface area contributed by atoms with Crippen molar-refractivity contribution < 1.29 is 9.21 Å². The summed E-state index contributed by atoms with van der Waals surface area (Å²) in [4.78, 5) is 14.7. The van der Waals surface area contributed by atoms with Crippen LogP contribution in [0.3, 0.4) is 0 Å². The zero-order valence-corrected chi connectivity index (χ0v) is 14.7.